The number of likely N-dealkylation sites (N-methyl/N-ethyl adjacent to an activating group) is 2. The summed E-state index contributed by atoms with van der Waals surface area (Å²) in [5.41, 5.74) is 7.49. The van der Waals surface area contributed by atoms with Crippen LogP contribution in [0.4, 0.5) is 0 Å². The number of nitrogens with two attached hydrogens (primary N) is 1. The minimum absolute atomic E-state index is 0.0427. The average molecular weight is 284 g/mol. The van der Waals surface area contributed by atoms with Crippen LogP contribution in [0.2, 0.25) is 5.02 Å². The van der Waals surface area contributed by atoms with Crippen molar-refractivity contribution in [3.05, 3.63) is 28.8 Å². The van der Waals surface area contributed by atoms with Crippen LogP contribution in [0.15, 0.2) is 18.2 Å². The van der Waals surface area contributed by atoms with E-state index in [4.69, 9.17) is 22.1 Å². The summed E-state index contributed by atoms with van der Waals surface area (Å²) in [5, 5.41) is 0.618. The number of rotatable bonds is 3. The topological polar surface area (TPSA) is 41.7 Å². The number of hydrogen-bond acceptors (Lipinski definition) is 4. The summed E-state index contributed by atoms with van der Waals surface area (Å²) in [6.45, 7) is 3.10. The van der Waals surface area contributed by atoms with Gasteiger partial charge < -0.3 is 15.4 Å². The average Bonchev–Trinajstić information content (AvgIpc) is 2.41. The Kier molecular flexibility index (Phi) is 4.68. The van der Waals surface area contributed by atoms with E-state index in [-0.39, 0.29) is 6.04 Å². The predicted octanol–water partition coefficient (Wildman–Crippen LogP) is 1.59. The zero-order chi connectivity index (χ0) is 14.0. The van der Waals surface area contributed by atoms with Crippen molar-refractivity contribution < 1.29 is 4.74 Å². The third kappa shape index (κ3) is 3.20. The fourth-order valence-corrected chi connectivity index (χ4v) is 2.73. The van der Waals surface area contributed by atoms with Gasteiger partial charge in [-0.05, 0) is 31.8 Å². The van der Waals surface area contributed by atoms with E-state index in [1.54, 1.807) is 7.11 Å². The molecule has 1 aliphatic rings. The highest BCUT2D eigenvalue weighted by atomic mass is 35.5. The standard InChI is InChI=1S/C14H22ClN3O/c1-17-6-7-18(2)12(9-17)14(16)10-4-5-11(15)13(8-10)19-3/h4-5,8,12,14H,6-7,9,16H2,1-3H3. The molecule has 2 rings (SSSR count). The highest BCUT2D eigenvalue weighted by Gasteiger charge is 2.28. The van der Waals surface area contributed by atoms with Crippen LogP contribution in [0.25, 0.3) is 0 Å². The summed E-state index contributed by atoms with van der Waals surface area (Å²) in [6, 6.07) is 6.04. The van der Waals surface area contributed by atoms with E-state index in [9.17, 15) is 0 Å². The van der Waals surface area contributed by atoms with Crippen LogP contribution in [0.5, 0.6) is 5.75 Å². The molecule has 2 N–H and O–H groups in total. The highest BCUT2D eigenvalue weighted by molar-refractivity contribution is 6.32. The molecule has 1 aromatic carbocycles. The Labute approximate surface area is 120 Å². The van der Waals surface area contributed by atoms with Crippen molar-refractivity contribution in [1.29, 1.82) is 0 Å². The van der Waals surface area contributed by atoms with Gasteiger partial charge in [0.25, 0.3) is 0 Å². The SMILES string of the molecule is COc1cc(C(N)C2CN(C)CCN2C)ccc1Cl. The Morgan fingerprint density at radius 3 is 2.79 bits per heavy atom. The maximum atomic E-state index is 6.43. The fourth-order valence-electron chi connectivity index (χ4n) is 2.54. The number of halogens is 1. The lowest BCUT2D eigenvalue weighted by molar-refractivity contribution is 0.0973. The molecule has 0 saturated carbocycles. The van der Waals surface area contributed by atoms with Crippen LogP contribution < -0.4 is 10.5 Å². The highest BCUT2D eigenvalue weighted by Crippen LogP contribution is 2.29. The maximum Gasteiger partial charge on any atom is 0.137 e. The van der Waals surface area contributed by atoms with Crippen molar-refractivity contribution in [3.8, 4) is 5.75 Å². The van der Waals surface area contributed by atoms with Crippen LogP contribution in [0.3, 0.4) is 0 Å². The second-order valence-electron chi connectivity index (χ2n) is 5.23. The van der Waals surface area contributed by atoms with Crippen molar-refractivity contribution in [3.63, 3.8) is 0 Å². The number of nitrogens with zero attached hydrogens (tertiary/aromatic N) is 2. The summed E-state index contributed by atoms with van der Waals surface area (Å²) in [4.78, 5) is 4.64. The number of benzene rings is 1. The molecule has 4 nitrogen and oxygen atoms in total. The smallest absolute Gasteiger partial charge is 0.137 e. The molecule has 2 unspecified atom stereocenters. The van der Waals surface area contributed by atoms with E-state index >= 15 is 0 Å². The molecule has 0 aliphatic carbocycles. The molecule has 19 heavy (non-hydrogen) atoms. The number of hydrogen-bond donors (Lipinski definition) is 1. The van der Waals surface area contributed by atoms with Gasteiger partial charge in [-0.15, -0.1) is 0 Å². The first-order valence-electron chi connectivity index (χ1n) is 6.50. The van der Waals surface area contributed by atoms with Gasteiger partial charge in [-0.1, -0.05) is 17.7 Å². The quantitative estimate of drug-likeness (QED) is 0.915. The molecule has 0 spiro atoms. The van der Waals surface area contributed by atoms with Gasteiger partial charge in [-0.3, -0.25) is 4.90 Å². The van der Waals surface area contributed by atoms with Crippen molar-refractivity contribution in [2.24, 2.45) is 5.73 Å². The minimum atomic E-state index is -0.0427. The van der Waals surface area contributed by atoms with Crippen LogP contribution >= 0.6 is 11.6 Å². The largest absolute Gasteiger partial charge is 0.495 e. The normalized spacial score (nSPS) is 23.3. The monoisotopic (exact) mass is 283 g/mol. The van der Waals surface area contributed by atoms with Crippen molar-refractivity contribution in [1.82, 2.24) is 9.80 Å². The first kappa shape index (κ1) is 14.6. The molecule has 1 aromatic rings. The molecular weight excluding hydrogens is 262 g/mol. The van der Waals surface area contributed by atoms with Crippen LogP contribution in [-0.2, 0) is 0 Å². The Morgan fingerprint density at radius 2 is 2.11 bits per heavy atom. The fraction of sp³-hybridized carbons (Fsp3) is 0.571. The molecule has 2 atom stereocenters. The summed E-state index contributed by atoms with van der Waals surface area (Å²) in [5.74, 6) is 0.682. The molecule has 1 aliphatic heterocycles. The van der Waals surface area contributed by atoms with Gasteiger partial charge in [-0.25, -0.2) is 0 Å². The molecule has 0 amide bonds. The number of methoxy groups -OCH3 is 1. The van der Waals surface area contributed by atoms with Crippen LogP contribution in [-0.4, -0.2) is 56.7 Å². The van der Waals surface area contributed by atoms with Gasteiger partial charge in [0.2, 0.25) is 0 Å². The van der Waals surface area contributed by atoms with Crippen molar-refractivity contribution in [2.75, 3.05) is 40.8 Å². The lowest BCUT2D eigenvalue weighted by atomic mass is 9.97. The molecule has 5 heteroatoms. The molecular formula is C14H22ClN3O. The zero-order valence-corrected chi connectivity index (χ0v) is 12.5. The van der Waals surface area contributed by atoms with Crippen LogP contribution in [0, 0.1) is 0 Å². The predicted molar refractivity (Wildman–Crippen MR) is 78.8 cm³/mol. The third-order valence-corrected chi connectivity index (χ3v) is 4.19. The molecule has 1 fully saturated rings. The van der Waals surface area contributed by atoms with Crippen LogP contribution in [0.1, 0.15) is 11.6 Å². The van der Waals surface area contributed by atoms with Gasteiger partial charge in [0.15, 0.2) is 0 Å². The first-order chi connectivity index (χ1) is 9.02. The summed E-state index contributed by atoms with van der Waals surface area (Å²) < 4.78 is 5.26. The Bertz CT molecular complexity index is 441. The summed E-state index contributed by atoms with van der Waals surface area (Å²) >= 11 is 6.05. The Morgan fingerprint density at radius 1 is 1.37 bits per heavy atom. The van der Waals surface area contributed by atoms with E-state index in [1.807, 2.05) is 18.2 Å². The summed E-state index contributed by atoms with van der Waals surface area (Å²) in [6.07, 6.45) is 0. The Hall–Kier alpha value is -0.810. The minimum Gasteiger partial charge on any atom is -0.495 e. The summed E-state index contributed by atoms with van der Waals surface area (Å²) in [7, 11) is 5.89. The second kappa shape index (κ2) is 6.09. The molecule has 1 heterocycles. The van der Waals surface area contributed by atoms with Gasteiger partial charge in [0, 0.05) is 31.7 Å². The second-order valence-corrected chi connectivity index (χ2v) is 5.64. The maximum absolute atomic E-state index is 6.43. The molecule has 1 saturated heterocycles. The van der Waals surface area contributed by atoms with E-state index in [0.29, 0.717) is 16.8 Å². The van der Waals surface area contributed by atoms with E-state index < -0.39 is 0 Å². The molecule has 0 bridgehead atoms. The number of piperazine rings is 1. The Balaban J connectivity index is 2.20. The third-order valence-electron chi connectivity index (χ3n) is 3.87. The molecule has 0 radical (unpaired) electrons. The van der Waals surface area contributed by atoms with Gasteiger partial charge in [0.05, 0.1) is 12.1 Å². The molecule has 0 aromatic heterocycles. The van der Waals surface area contributed by atoms with E-state index in [0.717, 1.165) is 25.2 Å². The van der Waals surface area contributed by atoms with Crippen molar-refractivity contribution >= 4 is 11.6 Å². The van der Waals surface area contributed by atoms with Crippen molar-refractivity contribution in [2.45, 2.75) is 12.1 Å². The molecule has 106 valence electrons. The van der Waals surface area contributed by atoms with Gasteiger partial charge in [0.1, 0.15) is 5.75 Å². The van der Waals surface area contributed by atoms with Gasteiger partial charge >= 0.3 is 0 Å². The van der Waals surface area contributed by atoms with E-state index in [1.165, 1.54) is 0 Å². The van der Waals surface area contributed by atoms with Gasteiger partial charge in [-0.2, -0.15) is 0 Å². The number of ether oxygens (including phenoxy) is 1. The lowest BCUT2D eigenvalue weighted by Gasteiger charge is -2.40. The first-order valence-corrected chi connectivity index (χ1v) is 6.88. The zero-order valence-electron chi connectivity index (χ0n) is 11.8. The van der Waals surface area contributed by atoms with E-state index in [2.05, 4.69) is 23.9 Å². The lowest BCUT2D eigenvalue weighted by Crippen LogP contribution is -2.54.